The maximum Gasteiger partial charge on any atom is 0.225 e. The lowest BCUT2D eigenvalue weighted by Crippen LogP contribution is -2.26. The molecule has 1 atom stereocenters. The minimum absolute atomic E-state index is 0.0177. The molecule has 0 radical (unpaired) electrons. The van der Waals surface area contributed by atoms with Gasteiger partial charge >= 0.3 is 0 Å². The van der Waals surface area contributed by atoms with Crippen LogP contribution in [0.3, 0.4) is 0 Å². The number of nitrogens with one attached hydrogen (secondary N) is 1. The molecule has 88 valence electrons. The first-order chi connectivity index (χ1) is 7.67. The van der Waals surface area contributed by atoms with E-state index in [4.69, 9.17) is 5.73 Å². The van der Waals surface area contributed by atoms with Gasteiger partial charge in [-0.05, 0) is 24.8 Å². The maximum absolute atomic E-state index is 11.6. The van der Waals surface area contributed by atoms with Gasteiger partial charge in [-0.25, -0.2) is 0 Å². The lowest BCUT2D eigenvalue weighted by atomic mass is 10.1. The Labute approximate surface area is 101 Å². The highest BCUT2D eigenvalue weighted by molar-refractivity contribution is 7.98. The van der Waals surface area contributed by atoms with E-state index in [1.165, 1.54) is 0 Å². The third-order valence-corrected chi connectivity index (χ3v) is 3.15. The summed E-state index contributed by atoms with van der Waals surface area (Å²) < 4.78 is 0. The molecule has 1 amide bonds. The van der Waals surface area contributed by atoms with Crippen LogP contribution in [0.1, 0.15) is 19.8 Å². The molecule has 0 bridgehead atoms. The number of carbonyl (C=O) groups is 1. The van der Waals surface area contributed by atoms with Crippen molar-refractivity contribution < 1.29 is 4.79 Å². The van der Waals surface area contributed by atoms with E-state index in [0.29, 0.717) is 6.42 Å². The fourth-order valence-corrected chi connectivity index (χ4v) is 1.89. The van der Waals surface area contributed by atoms with Gasteiger partial charge in [0.2, 0.25) is 5.91 Å². The summed E-state index contributed by atoms with van der Waals surface area (Å²) in [6.07, 6.45) is 3.18. The second kappa shape index (κ2) is 6.55. The summed E-state index contributed by atoms with van der Waals surface area (Å²) in [7, 11) is 0. The molecule has 0 aliphatic carbocycles. The van der Waals surface area contributed by atoms with E-state index < -0.39 is 0 Å². The fraction of sp³-hybridized carbons (Fsp3) is 0.417. The van der Waals surface area contributed by atoms with Crippen LogP contribution in [0.25, 0.3) is 0 Å². The van der Waals surface area contributed by atoms with Crippen molar-refractivity contribution in [3.63, 3.8) is 0 Å². The zero-order valence-corrected chi connectivity index (χ0v) is 10.5. The Morgan fingerprint density at radius 1 is 1.50 bits per heavy atom. The molecular formula is C12H18N2OS. The Hall–Kier alpha value is -1.00. The van der Waals surface area contributed by atoms with Crippen molar-refractivity contribution in [2.75, 3.05) is 11.6 Å². The number of rotatable bonds is 5. The average Bonchev–Trinajstić information content (AvgIpc) is 2.29. The molecule has 0 spiro atoms. The summed E-state index contributed by atoms with van der Waals surface area (Å²) in [6, 6.07) is 7.71. The number of hydrogen-bond acceptors (Lipinski definition) is 3. The zero-order chi connectivity index (χ0) is 12.0. The number of carbonyl (C=O) groups excluding carboxylic acids is 1. The van der Waals surface area contributed by atoms with Crippen LogP contribution in [0.4, 0.5) is 5.69 Å². The summed E-state index contributed by atoms with van der Waals surface area (Å²) >= 11 is 1.62. The first-order valence-corrected chi connectivity index (χ1v) is 6.58. The van der Waals surface area contributed by atoms with Crippen molar-refractivity contribution in [2.45, 2.75) is 30.7 Å². The number of hydrogen-bond donors (Lipinski definition) is 2. The summed E-state index contributed by atoms with van der Waals surface area (Å²) in [4.78, 5) is 12.7. The Morgan fingerprint density at radius 3 is 2.81 bits per heavy atom. The number of nitrogens with two attached hydrogens (primary N) is 1. The van der Waals surface area contributed by atoms with Crippen LogP contribution in [-0.4, -0.2) is 18.2 Å². The molecule has 0 aliphatic heterocycles. The average molecular weight is 238 g/mol. The SMILES string of the molecule is CCC(N)CC(=O)Nc1ccccc1SC. The lowest BCUT2D eigenvalue weighted by molar-refractivity contribution is -0.116. The topological polar surface area (TPSA) is 55.1 Å². The summed E-state index contributed by atoms with van der Waals surface area (Å²) in [5, 5.41) is 2.89. The van der Waals surface area contributed by atoms with Crippen LogP contribution < -0.4 is 11.1 Å². The zero-order valence-electron chi connectivity index (χ0n) is 9.69. The van der Waals surface area contributed by atoms with E-state index in [0.717, 1.165) is 17.0 Å². The molecule has 3 nitrogen and oxygen atoms in total. The van der Waals surface area contributed by atoms with Crippen LogP contribution in [0.15, 0.2) is 29.2 Å². The van der Waals surface area contributed by atoms with Gasteiger partial charge < -0.3 is 11.1 Å². The van der Waals surface area contributed by atoms with Crippen molar-refractivity contribution in [1.82, 2.24) is 0 Å². The Morgan fingerprint density at radius 2 is 2.19 bits per heavy atom. The van der Waals surface area contributed by atoms with E-state index >= 15 is 0 Å². The van der Waals surface area contributed by atoms with Crippen LogP contribution in [0, 0.1) is 0 Å². The molecule has 0 aliphatic rings. The molecule has 1 aromatic carbocycles. The van der Waals surface area contributed by atoms with Gasteiger partial charge in [-0.3, -0.25) is 4.79 Å². The number of para-hydroxylation sites is 1. The number of thioether (sulfide) groups is 1. The van der Waals surface area contributed by atoms with Gasteiger partial charge in [0, 0.05) is 17.4 Å². The monoisotopic (exact) mass is 238 g/mol. The Balaban J connectivity index is 2.62. The van der Waals surface area contributed by atoms with Gasteiger partial charge in [-0.1, -0.05) is 19.1 Å². The molecule has 3 N–H and O–H groups in total. The standard InChI is InChI=1S/C12H18N2OS/c1-3-9(13)8-12(15)14-10-6-4-5-7-11(10)16-2/h4-7,9H,3,8,13H2,1-2H3,(H,14,15). The minimum Gasteiger partial charge on any atom is -0.327 e. The van der Waals surface area contributed by atoms with Crippen molar-refractivity contribution in [3.05, 3.63) is 24.3 Å². The molecule has 0 fully saturated rings. The molecule has 1 unspecified atom stereocenters. The highest BCUT2D eigenvalue weighted by Crippen LogP contribution is 2.24. The Bertz CT molecular complexity index is 355. The summed E-state index contributed by atoms with van der Waals surface area (Å²) in [6.45, 7) is 1.98. The first kappa shape index (κ1) is 13.1. The van der Waals surface area contributed by atoms with E-state index in [-0.39, 0.29) is 11.9 Å². The Kier molecular flexibility index (Phi) is 5.35. The number of anilines is 1. The number of benzene rings is 1. The van der Waals surface area contributed by atoms with Gasteiger partial charge in [0.05, 0.1) is 5.69 Å². The quantitative estimate of drug-likeness (QED) is 0.775. The smallest absolute Gasteiger partial charge is 0.225 e. The van der Waals surface area contributed by atoms with E-state index in [1.807, 2.05) is 37.4 Å². The second-order valence-electron chi connectivity index (χ2n) is 3.62. The van der Waals surface area contributed by atoms with Crippen LogP contribution in [0.2, 0.25) is 0 Å². The van der Waals surface area contributed by atoms with Gasteiger partial charge in [-0.15, -0.1) is 11.8 Å². The van der Waals surface area contributed by atoms with Gasteiger partial charge in [0.25, 0.3) is 0 Å². The van der Waals surface area contributed by atoms with E-state index in [9.17, 15) is 4.79 Å². The highest BCUT2D eigenvalue weighted by Gasteiger charge is 2.09. The van der Waals surface area contributed by atoms with Crippen LogP contribution in [-0.2, 0) is 4.79 Å². The van der Waals surface area contributed by atoms with Crippen LogP contribution in [0.5, 0.6) is 0 Å². The molecule has 0 aromatic heterocycles. The van der Waals surface area contributed by atoms with Crippen molar-refractivity contribution >= 4 is 23.4 Å². The van der Waals surface area contributed by atoms with E-state index in [1.54, 1.807) is 11.8 Å². The molecule has 1 rings (SSSR count). The molecule has 0 saturated carbocycles. The predicted molar refractivity (Wildman–Crippen MR) is 69.7 cm³/mol. The van der Waals surface area contributed by atoms with Crippen molar-refractivity contribution in [1.29, 1.82) is 0 Å². The fourth-order valence-electron chi connectivity index (χ4n) is 1.33. The normalized spacial score (nSPS) is 12.2. The van der Waals surface area contributed by atoms with Gasteiger partial charge in [0.1, 0.15) is 0 Å². The van der Waals surface area contributed by atoms with E-state index in [2.05, 4.69) is 5.32 Å². The minimum atomic E-state index is -0.0542. The summed E-state index contributed by atoms with van der Waals surface area (Å²) in [5.74, 6) is -0.0177. The molecule has 4 heteroatoms. The molecule has 1 aromatic rings. The first-order valence-electron chi connectivity index (χ1n) is 5.35. The molecule has 0 saturated heterocycles. The lowest BCUT2D eigenvalue weighted by Gasteiger charge is -2.11. The van der Waals surface area contributed by atoms with Gasteiger partial charge in [0.15, 0.2) is 0 Å². The largest absolute Gasteiger partial charge is 0.327 e. The molecular weight excluding hydrogens is 220 g/mol. The highest BCUT2D eigenvalue weighted by atomic mass is 32.2. The predicted octanol–water partition coefficient (Wildman–Crippen LogP) is 2.47. The van der Waals surface area contributed by atoms with Crippen LogP contribution >= 0.6 is 11.8 Å². The number of amides is 1. The maximum atomic E-state index is 11.6. The second-order valence-corrected chi connectivity index (χ2v) is 4.47. The van der Waals surface area contributed by atoms with Crippen molar-refractivity contribution in [3.8, 4) is 0 Å². The molecule has 0 heterocycles. The van der Waals surface area contributed by atoms with Crippen molar-refractivity contribution in [2.24, 2.45) is 5.73 Å². The third-order valence-electron chi connectivity index (χ3n) is 2.35. The third kappa shape index (κ3) is 3.87. The van der Waals surface area contributed by atoms with Gasteiger partial charge in [-0.2, -0.15) is 0 Å². The molecule has 16 heavy (non-hydrogen) atoms. The summed E-state index contributed by atoms with van der Waals surface area (Å²) in [5.41, 5.74) is 6.60.